The number of carbonyl (C=O) groups is 2. The molecule has 7 heteroatoms. The summed E-state index contributed by atoms with van der Waals surface area (Å²) in [4.78, 5) is 23.4. The number of para-hydroxylation sites is 1. The molecule has 2 aromatic rings. The van der Waals surface area contributed by atoms with Crippen molar-refractivity contribution in [3.8, 4) is 5.75 Å². The van der Waals surface area contributed by atoms with E-state index in [9.17, 15) is 19.1 Å². The van der Waals surface area contributed by atoms with Gasteiger partial charge in [0, 0.05) is 0 Å². The monoisotopic (exact) mass is 343 g/mol. The molecule has 0 saturated carbocycles. The number of aromatic hydroxyl groups is 1. The third-order valence-corrected chi connectivity index (χ3v) is 3.39. The van der Waals surface area contributed by atoms with E-state index in [1.165, 1.54) is 24.4 Å². The molecule has 2 aromatic carbocycles. The van der Waals surface area contributed by atoms with Gasteiger partial charge in [-0.1, -0.05) is 12.1 Å². The van der Waals surface area contributed by atoms with Crippen molar-refractivity contribution in [2.45, 2.75) is 20.3 Å². The Kier molecular flexibility index (Phi) is 5.84. The van der Waals surface area contributed by atoms with Gasteiger partial charge in [-0.05, 0) is 54.8 Å². The van der Waals surface area contributed by atoms with Gasteiger partial charge < -0.3 is 10.4 Å². The molecule has 0 aliphatic carbocycles. The lowest BCUT2D eigenvalue weighted by atomic mass is 10.1. The number of phenols is 1. The van der Waals surface area contributed by atoms with Gasteiger partial charge in [0.15, 0.2) is 0 Å². The fraction of sp³-hybridized carbons (Fsp3) is 0.167. The lowest BCUT2D eigenvalue weighted by Gasteiger charge is -2.06. The number of carbonyl (C=O) groups excluding carboxylic acids is 2. The maximum Gasteiger partial charge on any atom is 0.249 e. The third kappa shape index (κ3) is 5.13. The lowest BCUT2D eigenvalue weighted by molar-refractivity contribution is -0.126. The predicted molar refractivity (Wildman–Crippen MR) is 93.0 cm³/mol. The van der Waals surface area contributed by atoms with Gasteiger partial charge in [0.25, 0.3) is 0 Å². The number of hydrogen-bond donors (Lipinski definition) is 3. The molecule has 0 fully saturated rings. The van der Waals surface area contributed by atoms with Crippen molar-refractivity contribution >= 4 is 23.7 Å². The van der Waals surface area contributed by atoms with Crippen molar-refractivity contribution in [2.75, 3.05) is 5.32 Å². The minimum Gasteiger partial charge on any atom is -0.507 e. The molecule has 0 aromatic heterocycles. The van der Waals surface area contributed by atoms with E-state index in [-0.39, 0.29) is 11.4 Å². The number of hydrazone groups is 1. The van der Waals surface area contributed by atoms with E-state index >= 15 is 0 Å². The average molecular weight is 343 g/mol. The van der Waals surface area contributed by atoms with Crippen molar-refractivity contribution in [1.29, 1.82) is 0 Å². The Balaban J connectivity index is 1.88. The molecule has 0 unspecified atom stereocenters. The van der Waals surface area contributed by atoms with Crippen LogP contribution >= 0.6 is 0 Å². The molecule has 0 bridgehead atoms. The number of rotatable bonds is 5. The first-order chi connectivity index (χ1) is 11.9. The molecular formula is C18H18FN3O3. The maximum atomic E-state index is 13.4. The Labute approximate surface area is 144 Å². The number of benzene rings is 2. The largest absolute Gasteiger partial charge is 0.507 e. The molecule has 2 rings (SSSR count). The van der Waals surface area contributed by atoms with E-state index in [4.69, 9.17) is 0 Å². The molecule has 0 aliphatic heterocycles. The quantitative estimate of drug-likeness (QED) is 0.443. The summed E-state index contributed by atoms with van der Waals surface area (Å²) in [6, 6.07) is 9.11. The Hall–Kier alpha value is -3.22. The summed E-state index contributed by atoms with van der Waals surface area (Å²) in [6.45, 7) is 3.51. The first-order valence-electron chi connectivity index (χ1n) is 7.53. The molecular weight excluding hydrogens is 325 g/mol. The number of amides is 2. The summed E-state index contributed by atoms with van der Waals surface area (Å²) < 4.78 is 13.4. The van der Waals surface area contributed by atoms with Crippen LogP contribution in [0.4, 0.5) is 10.1 Å². The molecule has 0 radical (unpaired) electrons. The molecule has 0 heterocycles. The van der Waals surface area contributed by atoms with Gasteiger partial charge in [0.1, 0.15) is 18.0 Å². The van der Waals surface area contributed by atoms with E-state index in [0.717, 1.165) is 0 Å². The first-order valence-corrected chi connectivity index (χ1v) is 7.53. The van der Waals surface area contributed by atoms with Crippen LogP contribution in [-0.4, -0.2) is 23.1 Å². The SMILES string of the molecule is Cc1cc(C=NNC(=O)CC(=O)Nc2ccccc2F)cc(C)c1O. The van der Waals surface area contributed by atoms with E-state index in [0.29, 0.717) is 16.7 Å². The molecule has 0 atom stereocenters. The van der Waals surface area contributed by atoms with Crippen LogP contribution < -0.4 is 10.7 Å². The molecule has 130 valence electrons. The number of nitrogens with zero attached hydrogens (tertiary/aromatic N) is 1. The van der Waals surface area contributed by atoms with Crippen LogP contribution in [0.1, 0.15) is 23.1 Å². The lowest BCUT2D eigenvalue weighted by Crippen LogP contribution is -2.24. The van der Waals surface area contributed by atoms with Gasteiger partial charge in [0.05, 0.1) is 11.9 Å². The van der Waals surface area contributed by atoms with E-state index in [2.05, 4.69) is 15.8 Å². The van der Waals surface area contributed by atoms with E-state index < -0.39 is 24.1 Å². The minimum atomic E-state index is -0.644. The van der Waals surface area contributed by atoms with Crippen LogP contribution in [0, 0.1) is 19.7 Å². The van der Waals surface area contributed by atoms with Crippen LogP contribution in [0.3, 0.4) is 0 Å². The second-order valence-electron chi connectivity index (χ2n) is 5.50. The summed E-state index contributed by atoms with van der Waals surface area (Å²) in [7, 11) is 0. The number of nitrogens with one attached hydrogen (secondary N) is 2. The second kappa shape index (κ2) is 8.05. The molecule has 0 aliphatic rings. The van der Waals surface area contributed by atoms with Gasteiger partial charge in [-0.3, -0.25) is 9.59 Å². The summed E-state index contributed by atoms with van der Waals surface area (Å²) in [6.07, 6.45) is 0.922. The Morgan fingerprint density at radius 3 is 2.44 bits per heavy atom. The van der Waals surface area contributed by atoms with Crippen LogP contribution in [0.5, 0.6) is 5.75 Å². The number of phenolic OH excluding ortho intramolecular Hbond substituents is 1. The van der Waals surface area contributed by atoms with Gasteiger partial charge in [-0.2, -0.15) is 5.10 Å². The predicted octanol–water partition coefficient (Wildman–Crippen LogP) is 2.63. The van der Waals surface area contributed by atoms with Crippen molar-refractivity contribution in [3.63, 3.8) is 0 Å². The van der Waals surface area contributed by atoms with Gasteiger partial charge >= 0.3 is 0 Å². The van der Waals surface area contributed by atoms with Gasteiger partial charge in [-0.15, -0.1) is 0 Å². The average Bonchev–Trinajstić information content (AvgIpc) is 2.54. The van der Waals surface area contributed by atoms with Crippen LogP contribution in [0.2, 0.25) is 0 Å². The molecule has 25 heavy (non-hydrogen) atoms. The topological polar surface area (TPSA) is 90.8 Å². The highest BCUT2D eigenvalue weighted by molar-refractivity contribution is 6.03. The van der Waals surface area contributed by atoms with E-state index in [1.807, 2.05) is 0 Å². The Morgan fingerprint density at radius 1 is 1.16 bits per heavy atom. The van der Waals surface area contributed by atoms with Crippen molar-refractivity contribution in [2.24, 2.45) is 5.10 Å². The zero-order valence-electron chi connectivity index (χ0n) is 13.8. The number of hydrogen-bond acceptors (Lipinski definition) is 4. The normalized spacial score (nSPS) is 10.7. The molecule has 0 spiro atoms. The Bertz CT molecular complexity index is 811. The summed E-state index contributed by atoms with van der Waals surface area (Å²) >= 11 is 0. The van der Waals surface area contributed by atoms with Gasteiger partial charge in [-0.25, -0.2) is 9.82 Å². The summed E-state index contributed by atoms with van der Waals surface area (Å²) in [5.74, 6) is -1.63. The smallest absolute Gasteiger partial charge is 0.249 e. The number of aryl methyl sites for hydroxylation is 2. The highest BCUT2D eigenvalue weighted by Gasteiger charge is 2.11. The molecule has 2 amide bonds. The summed E-state index contributed by atoms with van der Waals surface area (Å²) in [5, 5.41) is 15.8. The number of halogens is 1. The standard InChI is InChI=1S/C18H18FN3O3/c1-11-7-13(8-12(2)18(11)25)10-20-22-17(24)9-16(23)21-15-6-4-3-5-14(15)19/h3-8,10,25H,9H2,1-2H3,(H,21,23)(H,22,24). The number of anilines is 1. The zero-order valence-corrected chi connectivity index (χ0v) is 13.8. The van der Waals surface area contributed by atoms with Crippen molar-refractivity contribution < 1.29 is 19.1 Å². The van der Waals surface area contributed by atoms with E-state index in [1.54, 1.807) is 32.0 Å². The van der Waals surface area contributed by atoms with Crippen LogP contribution in [0.15, 0.2) is 41.5 Å². The minimum absolute atomic E-state index is 0.0128. The molecule has 0 saturated heterocycles. The third-order valence-electron chi connectivity index (χ3n) is 3.39. The first kappa shape index (κ1) is 18.1. The molecule has 6 nitrogen and oxygen atoms in total. The fourth-order valence-corrected chi connectivity index (χ4v) is 2.19. The second-order valence-corrected chi connectivity index (χ2v) is 5.50. The Morgan fingerprint density at radius 2 is 1.80 bits per heavy atom. The molecule has 3 N–H and O–H groups in total. The fourth-order valence-electron chi connectivity index (χ4n) is 2.19. The van der Waals surface area contributed by atoms with Crippen LogP contribution in [0.25, 0.3) is 0 Å². The maximum absolute atomic E-state index is 13.4. The highest BCUT2D eigenvalue weighted by atomic mass is 19.1. The van der Waals surface area contributed by atoms with Crippen LogP contribution in [-0.2, 0) is 9.59 Å². The summed E-state index contributed by atoms with van der Waals surface area (Å²) in [5.41, 5.74) is 4.32. The highest BCUT2D eigenvalue weighted by Crippen LogP contribution is 2.21. The zero-order chi connectivity index (χ0) is 18.4. The van der Waals surface area contributed by atoms with Gasteiger partial charge in [0.2, 0.25) is 11.8 Å². The van der Waals surface area contributed by atoms with Crippen molar-refractivity contribution in [3.05, 3.63) is 58.9 Å². The van der Waals surface area contributed by atoms with Crippen molar-refractivity contribution in [1.82, 2.24) is 5.43 Å².